The molecule has 0 aliphatic rings. The van der Waals surface area contributed by atoms with Crippen LogP contribution in [0.5, 0.6) is 11.5 Å². The van der Waals surface area contributed by atoms with Crippen molar-refractivity contribution in [2.24, 2.45) is 0 Å². The maximum Gasteiger partial charge on any atom is 0.511 e. The Hall–Kier alpha value is -3.80. The molecule has 0 atom stereocenters. The molecule has 26 heavy (non-hydrogen) atoms. The lowest BCUT2D eigenvalue weighted by Gasteiger charge is -2.07. The fraction of sp³-hybridized carbons (Fsp3) is 0. The molecule has 0 spiro atoms. The summed E-state index contributed by atoms with van der Waals surface area (Å²) in [5.74, 6) is 0.531. The Balaban J connectivity index is 1.75. The van der Waals surface area contributed by atoms with E-state index in [1.54, 1.807) is 48.5 Å². The molecule has 0 amide bonds. The van der Waals surface area contributed by atoms with Crippen molar-refractivity contribution in [2.45, 2.75) is 0 Å². The van der Waals surface area contributed by atoms with Crippen LogP contribution in [-0.2, 0) is 0 Å². The normalized spacial score (nSPS) is 10.2. The third-order valence-corrected chi connectivity index (χ3v) is 3.67. The summed E-state index contributed by atoms with van der Waals surface area (Å²) in [5.41, 5.74) is 3.81. The smallest absolute Gasteiger partial charge is 0.449 e. The van der Waals surface area contributed by atoms with Gasteiger partial charge in [0.25, 0.3) is 0 Å². The van der Waals surface area contributed by atoms with Gasteiger partial charge in [-0.2, -0.15) is 0 Å². The van der Waals surface area contributed by atoms with Crippen molar-refractivity contribution in [1.29, 1.82) is 0 Å². The van der Waals surface area contributed by atoms with Crippen molar-refractivity contribution in [1.82, 2.24) is 0 Å². The maximum atomic E-state index is 10.5. The predicted molar refractivity (Wildman–Crippen MR) is 94.6 cm³/mol. The van der Waals surface area contributed by atoms with Gasteiger partial charge in [0.15, 0.2) is 0 Å². The van der Waals surface area contributed by atoms with Gasteiger partial charge < -0.3 is 19.7 Å². The number of hydrogen-bond acceptors (Lipinski definition) is 4. The summed E-state index contributed by atoms with van der Waals surface area (Å²) < 4.78 is 9.17. The summed E-state index contributed by atoms with van der Waals surface area (Å²) in [7, 11) is 0. The third kappa shape index (κ3) is 4.18. The van der Waals surface area contributed by atoms with Gasteiger partial charge in [-0.25, -0.2) is 9.59 Å². The Morgan fingerprint density at radius 2 is 0.731 bits per heavy atom. The zero-order valence-corrected chi connectivity index (χ0v) is 13.5. The Bertz CT molecular complexity index is 834. The van der Waals surface area contributed by atoms with Gasteiger partial charge in [0, 0.05) is 0 Å². The molecule has 0 aliphatic heterocycles. The number of hydrogen-bond donors (Lipinski definition) is 2. The van der Waals surface area contributed by atoms with E-state index in [1.807, 2.05) is 24.3 Å². The van der Waals surface area contributed by atoms with E-state index >= 15 is 0 Å². The van der Waals surface area contributed by atoms with Crippen LogP contribution in [0.15, 0.2) is 72.8 Å². The minimum Gasteiger partial charge on any atom is -0.449 e. The van der Waals surface area contributed by atoms with Crippen LogP contribution >= 0.6 is 0 Å². The van der Waals surface area contributed by atoms with Crippen LogP contribution in [0.2, 0.25) is 0 Å². The average Bonchev–Trinajstić information content (AvgIpc) is 2.62. The molecule has 0 saturated carbocycles. The van der Waals surface area contributed by atoms with Crippen LogP contribution in [0.25, 0.3) is 22.3 Å². The molecule has 3 rings (SSSR count). The highest BCUT2D eigenvalue weighted by atomic mass is 16.7. The Labute approximate surface area is 148 Å². The van der Waals surface area contributed by atoms with E-state index in [1.165, 1.54) is 0 Å². The first kappa shape index (κ1) is 17.0. The molecule has 0 heterocycles. The van der Waals surface area contributed by atoms with Crippen LogP contribution in [0, 0.1) is 0 Å². The Morgan fingerprint density at radius 1 is 0.500 bits per heavy atom. The van der Waals surface area contributed by atoms with Gasteiger partial charge >= 0.3 is 12.3 Å². The van der Waals surface area contributed by atoms with Crippen molar-refractivity contribution >= 4 is 12.3 Å². The lowest BCUT2D eigenvalue weighted by molar-refractivity contribution is 0.143. The zero-order valence-electron chi connectivity index (χ0n) is 13.5. The van der Waals surface area contributed by atoms with E-state index in [4.69, 9.17) is 10.2 Å². The fourth-order valence-corrected chi connectivity index (χ4v) is 2.49. The summed E-state index contributed by atoms with van der Waals surface area (Å²) in [5, 5.41) is 17.2. The van der Waals surface area contributed by atoms with Gasteiger partial charge in [0.1, 0.15) is 11.5 Å². The second-order valence-corrected chi connectivity index (χ2v) is 5.36. The van der Waals surface area contributed by atoms with Crippen LogP contribution in [0.1, 0.15) is 0 Å². The highest BCUT2D eigenvalue weighted by molar-refractivity contribution is 5.71. The van der Waals surface area contributed by atoms with Crippen molar-refractivity contribution < 1.29 is 29.3 Å². The maximum absolute atomic E-state index is 10.5. The van der Waals surface area contributed by atoms with Gasteiger partial charge in [0.05, 0.1) is 0 Å². The van der Waals surface area contributed by atoms with Crippen molar-refractivity contribution in [3.63, 3.8) is 0 Å². The van der Waals surface area contributed by atoms with Gasteiger partial charge in [-0.15, -0.1) is 0 Å². The minimum atomic E-state index is -1.35. The lowest BCUT2D eigenvalue weighted by Crippen LogP contribution is -2.02. The number of rotatable bonds is 4. The van der Waals surface area contributed by atoms with E-state index < -0.39 is 12.3 Å². The molecular weight excluding hydrogens is 336 g/mol. The van der Waals surface area contributed by atoms with Gasteiger partial charge in [-0.1, -0.05) is 48.5 Å². The van der Waals surface area contributed by atoms with E-state index in [0.29, 0.717) is 0 Å². The minimum absolute atomic E-state index is 0.265. The summed E-state index contributed by atoms with van der Waals surface area (Å²) in [6, 6.07) is 21.3. The van der Waals surface area contributed by atoms with E-state index in [2.05, 4.69) is 9.47 Å². The Kier molecular flexibility index (Phi) is 4.85. The molecule has 0 aliphatic carbocycles. The summed E-state index contributed by atoms with van der Waals surface area (Å²) in [6.07, 6.45) is -2.69. The first-order valence-corrected chi connectivity index (χ1v) is 7.64. The molecule has 130 valence electrons. The highest BCUT2D eigenvalue weighted by Gasteiger charge is 2.05. The molecule has 0 radical (unpaired) electrons. The summed E-state index contributed by atoms with van der Waals surface area (Å²) in [6.45, 7) is 0. The van der Waals surface area contributed by atoms with Crippen LogP contribution in [0.4, 0.5) is 9.59 Å². The van der Waals surface area contributed by atoms with E-state index in [0.717, 1.165) is 22.3 Å². The van der Waals surface area contributed by atoms with Crippen molar-refractivity contribution in [2.75, 3.05) is 0 Å². The van der Waals surface area contributed by atoms with Gasteiger partial charge in [-0.05, 0) is 46.5 Å². The number of carboxylic acid groups (broad SMARTS) is 2. The molecule has 0 bridgehead atoms. The molecule has 0 unspecified atom stereocenters. The molecule has 0 saturated heterocycles. The van der Waals surface area contributed by atoms with Gasteiger partial charge in [-0.3, -0.25) is 0 Å². The number of carbonyl (C=O) groups is 2. The highest BCUT2D eigenvalue weighted by Crippen LogP contribution is 2.27. The van der Waals surface area contributed by atoms with Crippen LogP contribution in [0.3, 0.4) is 0 Å². The summed E-state index contributed by atoms with van der Waals surface area (Å²) in [4.78, 5) is 21.0. The third-order valence-electron chi connectivity index (χ3n) is 3.67. The van der Waals surface area contributed by atoms with Crippen LogP contribution < -0.4 is 9.47 Å². The molecule has 2 N–H and O–H groups in total. The molecule has 6 heteroatoms. The molecule has 6 nitrogen and oxygen atoms in total. The van der Waals surface area contributed by atoms with Crippen molar-refractivity contribution in [3.05, 3.63) is 72.8 Å². The fourth-order valence-electron chi connectivity index (χ4n) is 2.49. The summed E-state index contributed by atoms with van der Waals surface area (Å²) >= 11 is 0. The first-order valence-electron chi connectivity index (χ1n) is 7.64. The second-order valence-electron chi connectivity index (χ2n) is 5.36. The molecule has 3 aromatic carbocycles. The second kappa shape index (κ2) is 7.40. The quantitative estimate of drug-likeness (QED) is 0.500. The lowest BCUT2D eigenvalue weighted by atomic mass is 10.0. The number of ether oxygens (including phenoxy) is 2. The first-order chi connectivity index (χ1) is 12.5. The Morgan fingerprint density at radius 3 is 0.962 bits per heavy atom. The van der Waals surface area contributed by atoms with Crippen LogP contribution in [-0.4, -0.2) is 22.5 Å². The SMILES string of the molecule is O=C(O)Oc1ccc(-c2ccc(-c3ccc(OC(=O)O)cc3)cc2)cc1. The topological polar surface area (TPSA) is 93.1 Å². The molecule has 0 aromatic heterocycles. The average molecular weight is 350 g/mol. The zero-order chi connectivity index (χ0) is 18.5. The monoisotopic (exact) mass is 350 g/mol. The largest absolute Gasteiger partial charge is 0.511 e. The van der Waals surface area contributed by atoms with Gasteiger partial charge in [0.2, 0.25) is 0 Å². The molecule has 3 aromatic rings. The predicted octanol–water partition coefficient (Wildman–Crippen LogP) is 5.13. The molecule has 0 fully saturated rings. The van der Waals surface area contributed by atoms with E-state index in [-0.39, 0.29) is 11.5 Å². The molecular formula is C20H14O6. The number of benzene rings is 3. The standard InChI is InChI=1S/C20H14O6/c21-19(22)25-17-9-5-15(6-10-17)13-1-2-14(4-3-13)16-7-11-18(12-8-16)26-20(23)24/h1-12H,(H,21,22)(H,23,24). The van der Waals surface area contributed by atoms with E-state index in [9.17, 15) is 9.59 Å². The van der Waals surface area contributed by atoms with Crippen molar-refractivity contribution in [3.8, 4) is 33.8 Å².